The molecular formula is C32H22F3N7O2. The van der Waals surface area contributed by atoms with Crippen LogP contribution in [0.5, 0.6) is 0 Å². The second kappa shape index (κ2) is 10.2. The van der Waals surface area contributed by atoms with Crippen molar-refractivity contribution < 1.29 is 18.1 Å². The van der Waals surface area contributed by atoms with Gasteiger partial charge in [0.25, 0.3) is 5.69 Å². The fourth-order valence-electron chi connectivity index (χ4n) is 5.58. The predicted octanol–water partition coefficient (Wildman–Crippen LogP) is 7.90. The number of halogens is 3. The van der Waals surface area contributed by atoms with Crippen LogP contribution < -0.4 is 10.2 Å². The Morgan fingerprint density at radius 3 is 2.41 bits per heavy atom. The molecule has 44 heavy (non-hydrogen) atoms. The molecule has 4 aromatic carbocycles. The van der Waals surface area contributed by atoms with Gasteiger partial charge in [0.1, 0.15) is 0 Å². The number of nitrogens with zero attached hydrogens (tertiary/aromatic N) is 6. The maximum Gasteiger partial charge on any atom is 0.416 e. The highest BCUT2D eigenvalue weighted by molar-refractivity contribution is 6.51. The summed E-state index contributed by atoms with van der Waals surface area (Å²) in [7, 11) is 0. The van der Waals surface area contributed by atoms with Gasteiger partial charge in [-0.3, -0.25) is 10.1 Å². The molecule has 0 spiro atoms. The average molecular weight is 594 g/mol. The predicted molar refractivity (Wildman–Crippen MR) is 161 cm³/mol. The lowest BCUT2D eigenvalue weighted by molar-refractivity contribution is -0.384. The maximum absolute atomic E-state index is 13.6. The van der Waals surface area contributed by atoms with Crippen molar-refractivity contribution in [1.82, 2.24) is 9.78 Å². The molecule has 0 saturated heterocycles. The summed E-state index contributed by atoms with van der Waals surface area (Å²) >= 11 is 0. The maximum atomic E-state index is 13.6. The highest BCUT2D eigenvalue weighted by atomic mass is 19.4. The van der Waals surface area contributed by atoms with E-state index >= 15 is 0 Å². The van der Waals surface area contributed by atoms with E-state index in [4.69, 9.17) is 15.1 Å². The number of amidine groups is 2. The number of aliphatic imine (C=N–C) groups is 2. The number of nitrogens with one attached hydrogen (secondary N) is 1. The van der Waals surface area contributed by atoms with Crippen LogP contribution in [-0.2, 0) is 6.18 Å². The fraction of sp³-hybridized carbons (Fsp3) is 0.0938. The smallest absolute Gasteiger partial charge is 0.337 e. The van der Waals surface area contributed by atoms with Crippen molar-refractivity contribution in [2.45, 2.75) is 19.1 Å². The van der Waals surface area contributed by atoms with Crippen molar-refractivity contribution in [2.24, 2.45) is 9.98 Å². The summed E-state index contributed by atoms with van der Waals surface area (Å²) in [4.78, 5) is 23.1. The highest BCUT2D eigenvalue weighted by Crippen LogP contribution is 2.48. The third-order valence-corrected chi connectivity index (χ3v) is 7.49. The van der Waals surface area contributed by atoms with Gasteiger partial charge in [0.15, 0.2) is 17.5 Å². The normalized spacial score (nSPS) is 15.5. The Hall–Kier alpha value is -5.78. The van der Waals surface area contributed by atoms with Gasteiger partial charge in [-0.2, -0.15) is 18.3 Å². The molecule has 12 heteroatoms. The number of aryl methyl sites for hydroxylation is 1. The minimum atomic E-state index is -4.53. The second-order valence-corrected chi connectivity index (χ2v) is 10.3. The summed E-state index contributed by atoms with van der Waals surface area (Å²) in [5, 5.41) is 19.7. The quantitative estimate of drug-likeness (QED) is 0.169. The highest BCUT2D eigenvalue weighted by Gasteiger charge is 2.42. The molecule has 3 heterocycles. The van der Waals surface area contributed by atoms with Crippen molar-refractivity contribution >= 4 is 40.2 Å². The average Bonchev–Trinajstić information content (AvgIpc) is 3.36. The Kier molecular flexibility index (Phi) is 6.27. The molecule has 0 fully saturated rings. The van der Waals surface area contributed by atoms with Crippen LogP contribution in [0.1, 0.15) is 28.4 Å². The molecule has 1 atom stereocenters. The van der Waals surface area contributed by atoms with Crippen LogP contribution in [0.15, 0.2) is 113 Å². The lowest BCUT2D eigenvalue weighted by atomic mass is 9.93. The van der Waals surface area contributed by atoms with Gasteiger partial charge in [-0.25, -0.2) is 14.7 Å². The molecule has 0 saturated carbocycles. The molecule has 0 unspecified atom stereocenters. The molecule has 5 aromatic rings. The lowest BCUT2D eigenvalue weighted by Gasteiger charge is -2.40. The van der Waals surface area contributed by atoms with Gasteiger partial charge in [0, 0.05) is 23.4 Å². The van der Waals surface area contributed by atoms with E-state index in [1.807, 2.05) is 60.4 Å². The Labute approximate surface area is 248 Å². The van der Waals surface area contributed by atoms with Crippen LogP contribution in [0.25, 0.3) is 5.69 Å². The summed E-state index contributed by atoms with van der Waals surface area (Å²) in [5.41, 5.74) is 3.25. The van der Waals surface area contributed by atoms with E-state index in [9.17, 15) is 23.3 Å². The lowest BCUT2D eigenvalue weighted by Crippen LogP contribution is -2.46. The molecule has 0 amide bonds. The molecule has 1 aromatic heterocycles. The SMILES string of the molecule is Cc1nn(-c2ccccc2)c2c1[C@@H](c1cccc([N+](=O)[O-])c1)N1C(=N2)C(Nc2cccc(C(F)(F)F)c2)=Nc2ccccc21. The number of non-ortho nitro benzene ring substituents is 1. The molecule has 2 aliphatic heterocycles. The van der Waals surface area contributed by atoms with E-state index in [-0.39, 0.29) is 17.2 Å². The van der Waals surface area contributed by atoms with Gasteiger partial charge < -0.3 is 10.2 Å². The van der Waals surface area contributed by atoms with Crippen LogP contribution in [-0.4, -0.2) is 26.4 Å². The Bertz CT molecular complexity index is 2000. The van der Waals surface area contributed by atoms with Gasteiger partial charge in [-0.1, -0.05) is 48.5 Å². The summed E-state index contributed by atoms with van der Waals surface area (Å²) < 4.78 is 42.4. The summed E-state index contributed by atoms with van der Waals surface area (Å²) in [6, 6.07) is 27.3. The first-order chi connectivity index (χ1) is 21.2. The third-order valence-electron chi connectivity index (χ3n) is 7.49. The number of anilines is 2. The van der Waals surface area contributed by atoms with Crippen molar-refractivity contribution in [3.63, 3.8) is 0 Å². The van der Waals surface area contributed by atoms with Gasteiger partial charge in [-0.05, 0) is 55.0 Å². The topological polar surface area (TPSA) is 101 Å². The van der Waals surface area contributed by atoms with Crippen LogP contribution >= 0.6 is 0 Å². The number of aromatic nitrogens is 2. The molecule has 9 nitrogen and oxygen atoms in total. The number of nitro benzene ring substituents is 1. The number of hydrogen-bond donors (Lipinski definition) is 1. The molecular weight excluding hydrogens is 571 g/mol. The molecule has 7 rings (SSSR count). The minimum absolute atomic E-state index is 0.0810. The number of rotatable bonds is 4. The standard InChI is InChI=1S/C32H22F3N7O2/c1-19-27-28(20-9-7-14-24(17-20)42(43)44)40-26-16-6-5-15-25(26)37-29(36-22-11-8-10-21(18-22)32(33,34)35)31(40)38-30(27)41(39-19)23-12-3-2-4-13-23/h2-18,28H,1H3,(H,36,37)/t28-/m1/s1. The van der Waals surface area contributed by atoms with E-state index in [1.54, 1.807) is 22.9 Å². The molecule has 2 aliphatic rings. The Balaban J connectivity index is 1.48. The van der Waals surface area contributed by atoms with E-state index < -0.39 is 22.7 Å². The number of alkyl halides is 3. The number of fused-ring (bicyclic) bond motifs is 4. The van der Waals surface area contributed by atoms with Crippen LogP contribution in [0.2, 0.25) is 0 Å². The summed E-state index contributed by atoms with van der Waals surface area (Å²) in [6.07, 6.45) is -4.53. The van der Waals surface area contributed by atoms with Gasteiger partial charge in [0.05, 0.1) is 39.3 Å². The van der Waals surface area contributed by atoms with E-state index in [0.29, 0.717) is 34.3 Å². The van der Waals surface area contributed by atoms with E-state index in [2.05, 4.69) is 5.32 Å². The van der Waals surface area contributed by atoms with Crippen molar-refractivity contribution in [3.8, 4) is 5.69 Å². The Morgan fingerprint density at radius 2 is 1.64 bits per heavy atom. The van der Waals surface area contributed by atoms with Crippen molar-refractivity contribution in [1.29, 1.82) is 0 Å². The summed E-state index contributed by atoms with van der Waals surface area (Å²) in [6.45, 7) is 1.86. The molecule has 0 aliphatic carbocycles. The molecule has 218 valence electrons. The zero-order valence-corrected chi connectivity index (χ0v) is 23.0. The van der Waals surface area contributed by atoms with Crippen LogP contribution in [0.4, 0.5) is 41.7 Å². The molecule has 0 bridgehead atoms. The number of para-hydroxylation sites is 3. The zero-order chi connectivity index (χ0) is 30.6. The first-order valence-corrected chi connectivity index (χ1v) is 13.6. The van der Waals surface area contributed by atoms with Crippen LogP contribution in [0.3, 0.4) is 0 Å². The fourth-order valence-corrected chi connectivity index (χ4v) is 5.58. The second-order valence-electron chi connectivity index (χ2n) is 10.3. The van der Waals surface area contributed by atoms with Crippen molar-refractivity contribution in [2.75, 3.05) is 10.2 Å². The molecule has 1 N–H and O–H groups in total. The zero-order valence-electron chi connectivity index (χ0n) is 23.0. The number of benzene rings is 4. The van der Waals surface area contributed by atoms with Crippen molar-refractivity contribution in [3.05, 3.63) is 136 Å². The van der Waals surface area contributed by atoms with Gasteiger partial charge >= 0.3 is 6.18 Å². The minimum Gasteiger partial charge on any atom is -0.337 e. The van der Waals surface area contributed by atoms with E-state index in [0.717, 1.165) is 23.4 Å². The first-order valence-electron chi connectivity index (χ1n) is 13.6. The molecule has 0 radical (unpaired) electrons. The van der Waals surface area contributed by atoms with E-state index in [1.165, 1.54) is 24.3 Å². The van der Waals surface area contributed by atoms with Gasteiger partial charge in [0.2, 0.25) is 0 Å². The van der Waals surface area contributed by atoms with Crippen LogP contribution in [0, 0.1) is 17.0 Å². The third kappa shape index (κ3) is 4.56. The largest absolute Gasteiger partial charge is 0.416 e. The first kappa shape index (κ1) is 27.1. The number of nitro groups is 1. The van der Waals surface area contributed by atoms with Gasteiger partial charge in [-0.15, -0.1) is 0 Å². The Morgan fingerprint density at radius 1 is 0.886 bits per heavy atom. The summed E-state index contributed by atoms with van der Waals surface area (Å²) in [5.74, 6) is 1.01. The monoisotopic (exact) mass is 593 g/mol. The number of hydrogen-bond acceptors (Lipinski definition) is 7.